The van der Waals surface area contributed by atoms with Gasteiger partial charge in [0.15, 0.2) is 0 Å². The third kappa shape index (κ3) is 4.16. The average Bonchev–Trinajstić information content (AvgIpc) is 2.50. The van der Waals surface area contributed by atoms with Gasteiger partial charge >= 0.3 is 5.97 Å². The van der Waals surface area contributed by atoms with Gasteiger partial charge in [0.2, 0.25) is 0 Å². The first-order chi connectivity index (χ1) is 6.88. The zero-order chi connectivity index (χ0) is 11.5. The molecule has 1 atom stereocenters. The highest BCUT2D eigenvalue weighted by molar-refractivity contribution is 5.70. The summed E-state index contributed by atoms with van der Waals surface area (Å²) in [7, 11) is 0. The van der Waals surface area contributed by atoms with E-state index in [1.807, 2.05) is 0 Å². The normalized spacial score (nSPS) is 13.6. The molecule has 0 aromatic carbocycles. The minimum atomic E-state index is -0.862. The monoisotopic (exact) mass is 212 g/mol. The zero-order valence-electron chi connectivity index (χ0n) is 9.19. The van der Waals surface area contributed by atoms with Crippen LogP contribution in [0.5, 0.6) is 0 Å². The van der Waals surface area contributed by atoms with E-state index in [1.54, 1.807) is 26.8 Å². The summed E-state index contributed by atoms with van der Waals surface area (Å²) in [4.78, 5) is 11.4. The van der Waals surface area contributed by atoms with E-state index in [0.717, 1.165) is 0 Å². The number of carbonyl (C=O) groups excluding carboxylic acids is 1. The van der Waals surface area contributed by atoms with Crippen molar-refractivity contribution >= 4 is 5.97 Å². The Bertz CT molecular complexity index is 308. The lowest BCUT2D eigenvalue weighted by Gasteiger charge is -2.20. The first-order valence-corrected chi connectivity index (χ1v) is 4.80. The van der Waals surface area contributed by atoms with E-state index in [4.69, 9.17) is 9.15 Å². The van der Waals surface area contributed by atoms with Crippen molar-refractivity contribution in [2.75, 3.05) is 0 Å². The fourth-order valence-corrected chi connectivity index (χ4v) is 1.12. The molecule has 0 unspecified atom stereocenters. The van der Waals surface area contributed by atoms with Crippen LogP contribution in [0.25, 0.3) is 0 Å². The van der Waals surface area contributed by atoms with E-state index in [-0.39, 0.29) is 6.42 Å². The minimum Gasteiger partial charge on any atom is -0.472 e. The van der Waals surface area contributed by atoms with Gasteiger partial charge in [0.1, 0.15) is 5.60 Å². The van der Waals surface area contributed by atoms with Gasteiger partial charge in [-0.05, 0) is 26.8 Å². The van der Waals surface area contributed by atoms with Gasteiger partial charge in [-0.1, -0.05) is 0 Å². The fourth-order valence-electron chi connectivity index (χ4n) is 1.12. The first kappa shape index (κ1) is 11.8. The summed E-state index contributed by atoms with van der Waals surface area (Å²) in [5.41, 5.74) is 0.0635. The molecule has 0 radical (unpaired) electrons. The molecule has 1 N–H and O–H groups in total. The molecule has 0 amide bonds. The average molecular weight is 212 g/mol. The van der Waals surface area contributed by atoms with Gasteiger partial charge in [0.05, 0.1) is 25.1 Å². The standard InChI is InChI=1S/C11H16O4/c1-11(2,3)15-10(13)6-9(12)8-4-5-14-7-8/h4-5,7,9,12H,6H2,1-3H3/t9-/m1/s1. The van der Waals surface area contributed by atoms with Crippen molar-refractivity contribution in [3.05, 3.63) is 24.2 Å². The van der Waals surface area contributed by atoms with Crippen LogP contribution in [0.1, 0.15) is 38.9 Å². The van der Waals surface area contributed by atoms with Crippen LogP contribution >= 0.6 is 0 Å². The van der Waals surface area contributed by atoms with Crippen LogP contribution in [0.3, 0.4) is 0 Å². The topological polar surface area (TPSA) is 59.7 Å². The molecule has 0 aliphatic rings. The number of rotatable bonds is 3. The lowest BCUT2D eigenvalue weighted by atomic mass is 10.1. The van der Waals surface area contributed by atoms with Gasteiger partial charge in [-0.15, -0.1) is 0 Å². The van der Waals surface area contributed by atoms with Crippen molar-refractivity contribution in [2.45, 2.75) is 38.9 Å². The maximum atomic E-state index is 11.4. The molecule has 0 spiro atoms. The summed E-state index contributed by atoms with van der Waals surface area (Å²) in [5.74, 6) is -0.420. The van der Waals surface area contributed by atoms with Crippen LogP contribution in [0.2, 0.25) is 0 Å². The van der Waals surface area contributed by atoms with Gasteiger partial charge in [-0.25, -0.2) is 0 Å². The Labute approximate surface area is 88.8 Å². The third-order valence-electron chi connectivity index (χ3n) is 1.71. The first-order valence-electron chi connectivity index (χ1n) is 4.80. The highest BCUT2D eigenvalue weighted by atomic mass is 16.6. The summed E-state index contributed by atoms with van der Waals surface area (Å²) in [6, 6.07) is 1.62. The van der Waals surface area contributed by atoms with Crippen molar-refractivity contribution in [3.8, 4) is 0 Å². The van der Waals surface area contributed by atoms with Crippen molar-refractivity contribution in [3.63, 3.8) is 0 Å². The van der Waals surface area contributed by atoms with Gasteiger partial charge in [0.25, 0.3) is 0 Å². The van der Waals surface area contributed by atoms with E-state index < -0.39 is 17.7 Å². The highest BCUT2D eigenvalue weighted by Gasteiger charge is 2.20. The fraction of sp³-hybridized carbons (Fsp3) is 0.545. The van der Waals surface area contributed by atoms with Crippen LogP contribution < -0.4 is 0 Å². The van der Waals surface area contributed by atoms with Crippen molar-refractivity contribution < 1.29 is 19.1 Å². The Kier molecular flexibility index (Phi) is 3.52. The molecule has 0 bridgehead atoms. The molecule has 1 rings (SSSR count). The molecule has 0 aliphatic heterocycles. The largest absolute Gasteiger partial charge is 0.472 e. The number of hydrogen-bond acceptors (Lipinski definition) is 4. The van der Waals surface area contributed by atoms with Crippen LogP contribution in [0, 0.1) is 0 Å². The van der Waals surface area contributed by atoms with Gasteiger partial charge < -0.3 is 14.3 Å². The Morgan fingerprint density at radius 3 is 2.73 bits per heavy atom. The van der Waals surface area contributed by atoms with Crippen LogP contribution in [-0.4, -0.2) is 16.7 Å². The summed E-state index contributed by atoms with van der Waals surface area (Å²) in [6.45, 7) is 5.36. The van der Waals surface area contributed by atoms with Crippen LogP contribution in [0.15, 0.2) is 23.0 Å². The molecule has 84 valence electrons. The summed E-state index contributed by atoms with van der Waals surface area (Å²) < 4.78 is 9.88. The smallest absolute Gasteiger partial charge is 0.309 e. The van der Waals surface area contributed by atoms with E-state index in [2.05, 4.69) is 0 Å². The van der Waals surface area contributed by atoms with Crippen LogP contribution in [-0.2, 0) is 9.53 Å². The molecule has 1 heterocycles. The van der Waals surface area contributed by atoms with E-state index >= 15 is 0 Å². The predicted octanol–water partition coefficient (Wildman–Crippen LogP) is 2.04. The number of carbonyl (C=O) groups is 1. The second kappa shape index (κ2) is 4.49. The summed E-state index contributed by atoms with van der Waals surface area (Å²) in [5, 5.41) is 9.62. The molecular weight excluding hydrogens is 196 g/mol. The second-order valence-corrected chi connectivity index (χ2v) is 4.36. The molecule has 4 heteroatoms. The van der Waals surface area contributed by atoms with E-state index in [1.165, 1.54) is 12.5 Å². The Balaban J connectivity index is 2.45. The summed E-state index contributed by atoms with van der Waals surface area (Å²) >= 11 is 0. The predicted molar refractivity (Wildman–Crippen MR) is 54.1 cm³/mol. The Morgan fingerprint density at radius 2 is 2.27 bits per heavy atom. The van der Waals surface area contributed by atoms with Crippen molar-refractivity contribution in [1.29, 1.82) is 0 Å². The summed E-state index contributed by atoms with van der Waals surface area (Å²) in [6.07, 6.45) is 1.94. The molecular formula is C11H16O4. The van der Waals surface area contributed by atoms with Gasteiger partial charge in [0, 0.05) is 5.56 Å². The number of hydrogen-bond donors (Lipinski definition) is 1. The maximum Gasteiger partial charge on any atom is 0.309 e. The molecule has 0 saturated carbocycles. The number of furan rings is 1. The number of ether oxygens (including phenoxy) is 1. The van der Waals surface area contributed by atoms with Gasteiger partial charge in [-0.2, -0.15) is 0 Å². The van der Waals surface area contributed by atoms with E-state index in [9.17, 15) is 9.90 Å². The number of esters is 1. The second-order valence-electron chi connectivity index (χ2n) is 4.36. The number of aliphatic hydroxyl groups is 1. The molecule has 1 aromatic rings. The van der Waals surface area contributed by atoms with Crippen molar-refractivity contribution in [2.24, 2.45) is 0 Å². The molecule has 0 saturated heterocycles. The molecule has 4 nitrogen and oxygen atoms in total. The molecule has 15 heavy (non-hydrogen) atoms. The lowest BCUT2D eigenvalue weighted by Crippen LogP contribution is -2.24. The van der Waals surface area contributed by atoms with E-state index in [0.29, 0.717) is 5.56 Å². The third-order valence-corrected chi connectivity index (χ3v) is 1.71. The van der Waals surface area contributed by atoms with Crippen LogP contribution in [0.4, 0.5) is 0 Å². The quantitative estimate of drug-likeness (QED) is 0.779. The highest BCUT2D eigenvalue weighted by Crippen LogP contribution is 2.19. The Morgan fingerprint density at radius 1 is 1.60 bits per heavy atom. The zero-order valence-corrected chi connectivity index (χ0v) is 9.19. The molecule has 0 aliphatic carbocycles. The van der Waals surface area contributed by atoms with Gasteiger partial charge in [-0.3, -0.25) is 4.79 Å². The maximum absolute atomic E-state index is 11.4. The Hall–Kier alpha value is -1.29. The minimum absolute atomic E-state index is 0.0587. The molecule has 1 aromatic heterocycles. The number of aliphatic hydroxyl groups excluding tert-OH is 1. The van der Waals surface area contributed by atoms with Crippen molar-refractivity contribution in [1.82, 2.24) is 0 Å². The SMILES string of the molecule is CC(C)(C)OC(=O)C[C@@H](O)c1ccoc1. The lowest BCUT2D eigenvalue weighted by molar-refractivity contribution is -0.157. The molecule has 0 fully saturated rings.